The Balaban J connectivity index is 1.62. The van der Waals surface area contributed by atoms with Crippen molar-refractivity contribution in [1.82, 2.24) is 9.80 Å². The highest BCUT2D eigenvalue weighted by atomic mass is 16.2. The molecule has 2 heterocycles. The summed E-state index contributed by atoms with van der Waals surface area (Å²) in [6.45, 7) is 14.9. The van der Waals surface area contributed by atoms with E-state index in [1.807, 2.05) is 43.3 Å². The predicted octanol–water partition coefficient (Wildman–Crippen LogP) is 6.34. The maximum absolute atomic E-state index is 14.0. The monoisotopic (exact) mass is 594 g/mol. The molecular formula is C38H46N2O4. The average Bonchev–Trinajstić information content (AvgIpc) is 3.61. The van der Waals surface area contributed by atoms with Gasteiger partial charge >= 0.3 is 0 Å². The van der Waals surface area contributed by atoms with E-state index >= 15 is 0 Å². The number of imide groups is 2. The Morgan fingerprint density at radius 3 is 1.64 bits per heavy atom. The first kappa shape index (κ1) is 31.6. The van der Waals surface area contributed by atoms with E-state index in [9.17, 15) is 19.2 Å². The van der Waals surface area contributed by atoms with Crippen molar-refractivity contribution in [2.45, 2.75) is 41.0 Å². The summed E-state index contributed by atoms with van der Waals surface area (Å²) in [5.41, 5.74) is 3.16. The van der Waals surface area contributed by atoms with E-state index in [0.29, 0.717) is 13.0 Å². The molecule has 8 atom stereocenters. The normalized spacial score (nSPS) is 33.9. The minimum absolute atomic E-state index is 0.0960. The van der Waals surface area contributed by atoms with Crippen LogP contribution in [0.5, 0.6) is 0 Å². The van der Waals surface area contributed by atoms with E-state index in [-0.39, 0.29) is 59.1 Å². The Morgan fingerprint density at radius 2 is 1.16 bits per heavy atom. The van der Waals surface area contributed by atoms with Gasteiger partial charge in [-0.05, 0) is 23.8 Å². The van der Waals surface area contributed by atoms with Crippen molar-refractivity contribution < 1.29 is 19.2 Å². The highest BCUT2D eigenvalue weighted by molar-refractivity contribution is 6.07. The molecule has 2 saturated heterocycles. The van der Waals surface area contributed by atoms with Gasteiger partial charge in [0.15, 0.2) is 0 Å². The zero-order valence-electron chi connectivity index (χ0n) is 26.9. The van der Waals surface area contributed by atoms with Crippen LogP contribution >= 0.6 is 0 Å². The highest BCUT2D eigenvalue weighted by Gasteiger charge is 2.60. The molecule has 0 bridgehead atoms. The summed E-state index contributed by atoms with van der Waals surface area (Å²) < 4.78 is 0. The minimum atomic E-state index is -0.505. The molecule has 4 aliphatic rings. The van der Waals surface area contributed by atoms with Crippen LogP contribution < -0.4 is 0 Å². The van der Waals surface area contributed by atoms with Crippen LogP contribution in [-0.2, 0) is 19.2 Å². The molecule has 0 unspecified atom stereocenters. The first-order chi connectivity index (χ1) is 21.0. The lowest BCUT2D eigenvalue weighted by atomic mass is 9.84. The summed E-state index contributed by atoms with van der Waals surface area (Å²) in [5.74, 6) is -3.08. The number of hydrogen-bond donors (Lipinski definition) is 0. The number of allylic oxidation sites excluding steroid dienone is 8. The van der Waals surface area contributed by atoms with Gasteiger partial charge in [0.05, 0.1) is 23.7 Å². The number of nitrogens with zero attached hydrogens (tertiary/aromatic N) is 2. The Hall–Kier alpha value is -3.80. The summed E-state index contributed by atoms with van der Waals surface area (Å²) in [5, 5.41) is 0. The smallest absolute Gasteiger partial charge is 0.234 e. The molecule has 2 aliphatic heterocycles. The fourth-order valence-corrected chi connectivity index (χ4v) is 8.07. The van der Waals surface area contributed by atoms with Gasteiger partial charge in [0.2, 0.25) is 23.6 Å². The Kier molecular flexibility index (Phi) is 9.10. The standard InChI is InChI=1S/C38H46N2O4/c1-8-19-40-37(43)33-26(16-15-24-13-11-10-12-14-24)30(21-23(5)6)28(34(33)38(40)44)18-17-27-29(20-22(3)4)25(9-2)31-32(27)36(42)39(7)35(31)41/h9-18,20-23,25-28,31-34H,2,8,19H2,1,3-7H3/b16-15-,18-17-,29-20+,30-21-/t25-,26+,27+,28-,31+,32-,33-,34+/m0/s1. The van der Waals surface area contributed by atoms with Crippen molar-refractivity contribution in [3.8, 4) is 0 Å². The lowest BCUT2D eigenvalue weighted by Gasteiger charge is -2.23. The number of likely N-dealkylation sites (tertiary alicyclic amines) is 2. The number of fused-ring (bicyclic) bond motifs is 2. The van der Waals surface area contributed by atoms with E-state index < -0.39 is 23.7 Å². The summed E-state index contributed by atoms with van der Waals surface area (Å²) in [7, 11) is 1.57. The molecule has 1 aromatic carbocycles. The number of hydrogen-bond acceptors (Lipinski definition) is 4. The van der Waals surface area contributed by atoms with Crippen molar-refractivity contribution in [3.05, 3.63) is 90.1 Å². The topological polar surface area (TPSA) is 74.8 Å². The molecule has 232 valence electrons. The van der Waals surface area contributed by atoms with Crippen molar-refractivity contribution in [2.24, 2.45) is 59.2 Å². The molecule has 0 N–H and O–H groups in total. The number of carbonyl (C=O) groups is 4. The molecule has 2 aliphatic carbocycles. The van der Waals surface area contributed by atoms with E-state index in [2.05, 4.69) is 70.7 Å². The predicted molar refractivity (Wildman–Crippen MR) is 173 cm³/mol. The Labute approximate surface area is 262 Å². The summed E-state index contributed by atoms with van der Waals surface area (Å²) in [6, 6.07) is 10.0. The Morgan fingerprint density at radius 1 is 0.705 bits per heavy atom. The zero-order valence-corrected chi connectivity index (χ0v) is 26.9. The van der Waals surface area contributed by atoms with Gasteiger partial charge in [0, 0.05) is 37.3 Å². The van der Waals surface area contributed by atoms with Crippen LogP contribution in [0.2, 0.25) is 0 Å². The van der Waals surface area contributed by atoms with E-state index in [1.165, 1.54) is 9.80 Å². The highest BCUT2D eigenvalue weighted by Crippen LogP contribution is 2.55. The van der Waals surface area contributed by atoms with Gasteiger partial charge in [-0.15, -0.1) is 6.58 Å². The van der Waals surface area contributed by atoms with Gasteiger partial charge in [-0.2, -0.15) is 0 Å². The first-order valence-electron chi connectivity index (χ1n) is 16.2. The number of amides is 4. The molecular weight excluding hydrogens is 548 g/mol. The van der Waals surface area contributed by atoms with Gasteiger partial charge in [-0.25, -0.2) is 0 Å². The summed E-state index contributed by atoms with van der Waals surface area (Å²) in [4.78, 5) is 57.3. The van der Waals surface area contributed by atoms with Crippen LogP contribution in [0.15, 0.2) is 84.5 Å². The maximum Gasteiger partial charge on any atom is 0.234 e. The average molecular weight is 595 g/mol. The molecule has 6 heteroatoms. The quantitative estimate of drug-likeness (QED) is 0.247. The third-order valence-electron chi connectivity index (χ3n) is 9.77. The maximum atomic E-state index is 14.0. The fraction of sp³-hybridized carbons (Fsp3) is 0.474. The molecule has 0 spiro atoms. The number of rotatable bonds is 9. The van der Waals surface area contributed by atoms with Crippen LogP contribution in [0.3, 0.4) is 0 Å². The molecule has 1 aromatic rings. The van der Waals surface area contributed by atoms with Crippen molar-refractivity contribution in [1.29, 1.82) is 0 Å². The van der Waals surface area contributed by atoms with Crippen molar-refractivity contribution >= 4 is 29.7 Å². The van der Waals surface area contributed by atoms with Crippen LogP contribution in [-0.4, -0.2) is 47.0 Å². The molecule has 44 heavy (non-hydrogen) atoms. The molecule has 0 radical (unpaired) electrons. The molecule has 5 rings (SSSR count). The van der Waals surface area contributed by atoms with E-state index in [4.69, 9.17) is 0 Å². The molecule has 6 nitrogen and oxygen atoms in total. The number of benzene rings is 1. The van der Waals surface area contributed by atoms with Crippen LogP contribution in [0, 0.1) is 59.2 Å². The van der Waals surface area contributed by atoms with Gasteiger partial charge in [0.1, 0.15) is 0 Å². The van der Waals surface area contributed by atoms with Crippen molar-refractivity contribution in [3.63, 3.8) is 0 Å². The molecule has 0 aromatic heterocycles. The second-order valence-electron chi connectivity index (χ2n) is 13.5. The van der Waals surface area contributed by atoms with Crippen molar-refractivity contribution in [2.75, 3.05) is 13.6 Å². The van der Waals surface area contributed by atoms with Crippen LogP contribution in [0.1, 0.15) is 46.6 Å². The second-order valence-corrected chi connectivity index (χ2v) is 13.5. The second kappa shape index (κ2) is 12.7. The van der Waals surface area contributed by atoms with Gasteiger partial charge in [-0.1, -0.05) is 119 Å². The van der Waals surface area contributed by atoms with Crippen LogP contribution in [0.4, 0.5) is 0 Å². The third kappa shape index (κ3) is 5.37. The summed E-state index contributed by atoms with van der Waals surface area (Å²) in [6.07, 6.45) is 15.2. The number of carbonyl (C=O) groups excluding carboxylic acids is 4. The van der Waals surface area contributed by atoms with Gasteiger partial charge < -0.3 is 0 Å². The Bertz CT molecular complexity index is 1450. The third-order valence-corrected chi connectivity index (χ3v) is 9.77. The minimum Gasteiger partial charge on any atom is -0.285 e. The SMILES string of the molecule is C=C[C@H]1/C(=C\C(C)C)[C@@H](/C=C\[C@H]2/C(=C\C(C)C)[C@@H](/C=C\c3ccccc3)[C@@H]3C(=O)N(CCC)C(=O)[C@@H]32)[C@@H]2C(=O)N(C)C(=O)[C@@H]21. The fourth-order valence-electron chi connectivity index (χ4n) is 8.07. The molecule has 4 amide bonds. The van der Waals surface area contributed by atoms with E-state index in [1.54, 1.807) is 7.05 Å². The molecule has 4 fully saturated rings. The van der Waals surface area contributed by atoms with E-state index in [0.717, 1.165) is 16.7 Å². The lowest BCUT2D eigenvalue weighted by molar-refractivity contribution is -0.141. The molecule has 2 saturated carbocycles. The summed E-state index contributed by atoms with van der Waals surface area (Å²) >= 11 is 0. The lowest BCUT2D eigenvalue weighted by Crippen LogP contribution is -2.34. The van der Waals surface area contributed by atoms with Gasteiger partial charge in [-0.3, -0.25) is 29.0 Å². The van der Waals surface area contributed by atoms with Crippen LogP contribution in [0.25, 0.3) is 6.08 Å². The largest absolute Gasteiger partial charge is 0.285 e. The van der Waals surface area contributed by atoms with Gasteiger partial charge in [0.25, 0.3) is 0 Å². The first-order valence-corrected chi connectivity index (χ1v) is 16.2. The zero-order chi connectivity index (χ0) is 31.9.